The molecule has 1 aromatic heterocycles. The van der Waals surface area contributed by atoms with Crippen LogP contribution in [0.4, 0.5) is 11.4 Å². The van der Waals surface area contributed by atoms with Crippen molar-refractivity contribution in [2.24, 2.45) is 15.6 Å². The number of aromatic hydroxyl groups is 1. The highest BCUT2D eigenvalue weighted by atomic mass is 32.2. The van der Waals surface area contributed by atoms with Gasteiger partial charge in [-0.3, -0.25) is 10.1 Å². The first kappa shape index (κ1) is 21.4. The maximum atomic E-state index is 12.6. The van der Waals surface area contributed by atoms with Gasteiger partial charge in [-0.1, -0.05) is 42.6 Å². The number of fused-ring (bicyclic) bond motifs is 1. The molecule has 0 fully saturated rings. The van der Waals surface area contributed by atoms with E-state index in [-0.39, 0.29) is 22.2 Å². The Balaban J connectivity index is 2.04. The SMILES string of the molecule is Cc1ccc(S(=O)(=O)N=Nc2c(O)n(CCC(C)C)c3ccccc23)cc1[N+](=O)[O-]. The molecule has 0 aliphatic heterocycles. The van der Waals surface area contributed by atoms with Crippen molar-refractivity contribution in [3.63, 3.8) is 0 Å². The van der Waals surface area contributed by atoms with Crippen molar-refractivity contribution in [3.8, 4) is 5.88 Å². The molecule has 0 spiro atoms. The van der Waals surface area contributed by atoms with Crippen molar-refractivity contribution in [2.45, 2.75) is 38.6 Å². The van der Waals surface area contributed by atoms with Gasteiger partial charge in [-0.15, -0.1) is 5.11 Å². The van der Waals surface area contributed by atoms with Crippen LogP contribution in [0.5, 0.6) is 5.88 Å². The largest absolute Gasteiger partial charge is 0.493 e. The van der Waals surface area contributed by atoms with E-state index in [9.17, 15) is 23.6 Å². The van der Waals surface area contributed by atoms with E-state index in [4.69, 9.17) is 0 Å². The number of hydrogen-bond donors (Lipinski definition) is 1. The van der Waals surface area contributed by atoms with Gasteiger partial charge in [-0.2, -0.15) is 8.42 Å². The first-order chi connectivity index (χ1) is 14.1. The van der Waals surface area contributed by atoms with Gasteiger partial charge in [0.25, 0.3) is 15.7 Å². The van der Waals surface area contributed by atoms with E-state index in [1.54, 1.807) is 16.7 Å². The highest BCUT2D eigenvalue weighted by Gasteiger charge is 2.21. The maximum absolute atomic E-state index is 12.6. The van der Waals surface area contributed by atoms with E-state index >= 15 is 0 Å². The first-order valence-electron chi connectivity index (χ1n) is 9.35. The average Bonchev–Trinajstić information content (AvgIpc) is 2.95. The Labute approximate surface area is 173 Å². The average molecular weight is 430 g/mol. The third-order valence-corrected chi connectivity index (χ3v) is 5.92. The molecule has 30 heavy (non-hydrogen) atoms. The summed E-state index contributed by atoms with van der Waals surface area (Å²) in [4.78, 5) is 10.1. The van der Waals surface area contributed by atoms with E-state index < -0.39 is 14.9 Å². The van der Waals surface area contributed by atoms with E-state index in [0.717, 1.165) is 12.5 Å². The predicted molar refractivity (Wildman–Crippen MR) is 113 cm³/mol. The third kappa shape index (κ3) is 4.18. The van der Waals surface area contributed by atoms with Crippen molar-refractivity contribution in [2.75, 3.05) is 0 Å². The minimum atomic E-state index is -4.30. The number of benzene rings is 2. The summed E-state index contributed by atoms with van der Waals surface area (Å²) >= 11 is 0. The van der Waals surface area contributed by atoms with E-state index in [0.29, 0.717) is 28.9 Å². The Kier molecular flexibility index (Phi) is 5.88. The van der Waals surface area contributed by atoms with Crippen LogP contribution in [0.3, 0.4) is 0 Å². The fourth-order valence-electron chi connectivity index (χ4n) is 3.07. The molecule has 0 unspecified atom stereocenters. The molecule has 0 atom stereocenters. The monoisotopic (exact) mass is 430 g/mol. The van der Waals surface area contributed by atoms with Crippen molar-refractivity contribution >= 4 is 32.3 Å². The number of hydrogen-bond acceptors (Lipinski definition) is 6. The predicted octanol–water partition coefficient (Wildman–Crippen LogP) is 5.08. The molecule has 0 aliphatic carbocycles. The summed E-state index contributed by atoms with van der Waals surface area (Å²) in [7, 11) is -4.30. The summed E-state index contributed by atoms with van der Waals surface area (Å²) in [5, 5.41) is 26.2. The zero-order chi connectivity index (χ0) is 22.1. The Morgan fingerprint density at radius 2 is 1.90 bits per heavy atom. The summed E-state index contributed by atoms with van der Waals surface area (Å²) in [6.07, 6.45) is 0.814. The molecular formula is C20H22N4O5S. The van der Waals surface area contributed by atoms with Gasteiger partial charge in [0.15, 0.2) is 5.69 Å². The Bertz CT molecular complexity index is 1250. The summed E-state index contributed by atoms with van der Waals surface area (Å²) in [6, 6.07) is 10.6. The van der Waals surface area contributed by atoms with Gasteiger partial charge in [0.05, 0.1) is 15.3 Å². The smallest absolute Gasteiger partial charge is 0.300 e. The second-order valence-electron chi connectivity index (χ2n) is 7.39. The lowest BCUT2D eigenvalue weighted by Gasteiger charge is -2.08. The Morgan fingerprint density at radius 3 is 2.57 bits per heavy atom. The molecule has 0 radical (unpaired) electrons. The van der Waals surface area contributed by atoms with Gasteiger partial charge in [-0.05, 0) is 31.4 Å². The zero-order valence-electron chi connectivity index (χ0n) is 16.8. The Hall–Kier alpha value is -3.27. The lowest BCUT2D eigenvalue weighted by molar-refractivity contribution is -0.385. The van der Waals surface area contributed by atoms with Crippen LogP contribution in [0.1, 0.15) is 25.8 Å². The molecule has 0 saturated heterocycles. The molecule has 2 aromatic carbocycles. The number of rotatable bonds is 7. The van der Waals surface area contributed by atoms with Crippen LogP contribution in [0, 0.1) is 23.0 Å². The fourth-order valence-corrected chi connectivity index (χ4v) is 3.86. The molecule has 3 aromatic rings. The van der Waals surface area contributed by atoms with Gasteiger partial charge in [-0.25, -0.2) is 0 Å². The molecule has 0 aliphatic rings. The standard InChI is InChI=1S/C20H22N4O5S/c1-13(2)10-11-23-17-7-5-4-6-16(17)19(20(23)25)21-22-30(28,29)15-9-8-14(3)18(12-15)24(26)27/h4-9,12-13,25H,10-11H2,1-3H3. The highest BCUT2D eigenvalue weighted by molar-refractivity contribution is 7.90. The van der Waals surface area contributed by atoms with E-state index in [1.807, 2.05) is 12.1 Å². The molecule has 0 saturated carbocycles. The van der Waals surface area contributed by atoms with E-state index in [1.165, 1.54) is 19.1 Å². The molecular weight excluding hydrogens is 408 g/mol. The minimum Gasteiger partial charge on any atom is -0.493 e. The number of aromatic nitrogens is 1. The summed E-state index contributed by atoms with van der Waals surface area (Å²) in [5.41, 5.74) is 0.772. The number of para-hydroxylation sites is 1. The molecule has 0 amide bonds. The number of nitrogens with zero attached hydrogens (tertiary/aromatic N) is 4. The topological polar surface area (TPSA) is 127 Å². The number of nitro benzene ring substituents is 1. The van der Waals surface area contributed by atoms with Crippen LogP contribution in [0.15, 0.2) is 57.0 Å². The van der Waals surface area contributed by atoms with Crippen LogP contribution in [-0.4, -0.2) is 23.0 Å². The fraction of sp³-hybridized carbons (Fsp3) is 0.300. The van der Waals surface area contributed by atoms with Crippen LogP contribution < -0.4 is 0 Å². The second-order valence-corrected chi connectivity index (χ2v) is 8.97. The molecule has 1 heterocycles. The van der Waals surface area contributed by atoms with Crippen LogP contribution >= 0.6 is 0 Å². The quantitative estimate of drug-likeness (QED) is 0.317. The molecule has 158 valence electrons. The number of aryl methyl sites for hydroxylation is 2. The molecule has 10 heteroatoms. The Morgan fingerprint density at radius 1 is 1.20 bits per heavy atom. The van der Waals surface area contributed by atoms with Crippen LogP contribution in [-0.2, 0) is 16.6 Å². The zero-order valence-corrected chi connectivity index (χ0v) is 17.6. The summed E-state index contributed by atoms with van der Waals surface area (Å²) in [6.45, 7) is 6.18. The van der Waals surface area contributed by atoms with Crippen molar-refractivity contribution in [1.29, 1.82) is 0 Å². The number of nitro groups is 1. The van der Waals surface area contributed by atoms with E-state index in [2.05, 4.69) is 23.5 Å². The second kappa shape index (κ2) is 8.23. The molecule has 1 N–H and O–H groups in total. The van der Waals surface area contributed by atoms with Gasteiger partial charge in [0.2, 0.25) is 5.88 Å². The molecule has 0 bridgehead atoms. The summed E-state index contributed by atoms with van der Waals surface area (Å²) < 4.78 is 30.3. The molecule has 3 rings (SSSR count). The maximum Gasteiger partial charge on any atom is 0.300 e. The first-order valence-corrected chi connectivity index (χ1v) is 10.8. The van der Waals surface area contributed by atoms with Gasteiger partial charge in [0, 0.05) is 23.6 Å². The van der Waals surface area contributed by atoms with Gasteiger partial charge in [0.1, 0.15) is 0 Å². The van der Waals surface area contributed by atoms with Crippen molar-refractivity contribution in [1.82, 2.24) is 4.57 Å². The lowest BCUT2D eigenvalue weighted by atomic mass is 10.1. The van der Waals surface area contributed by atoms with Crippen molar-refractivity contribution in [3.05, 3.63) is 58.1 Å². The third-order valence-electron chi connectivity index (χ3n) is 4.77. The number of sulfonamides is 1. The van der Waals surface area contributed by atoms with Crippen LogP contribution in [0.2, 0.25) is 0 Å². The van der Waals surface area contributed by atoms with Gasteiger partial charge >= 0.3 is 0 Å². The minimum absolute atomic E-state index is 0.0412. The van der Waals surface area contributed by atoms with Gasteiger partial charge < -0.3 is 9.67 Å². The molecule has 9 nitrogen and oxygen atoms in total. The summed E-state index contributed by atoms with van der Waals surface area (Å²) in [5.74, 6) is 0.235. The lowest BCUT2D eigenvalue weighted by Crippen LogP contribution is -2.00. The van der Waals surface area contributed by atoms with Crippen molar-refractivity contribution < 1.29 is 18.4 Å². The van der Waals surface area contributed by atoms with Crippen LogP contribution in [0.25, 0.3) is 10.9 Å². The normalized spacial score (nSPS) is 12.3. The highest BCUT2D eigenvalue weighted by Crippen LogP contribution is 2.39.